The molecule has 3 nitrogen and oxygen atoms in total. The van der Waals surface area contributed by atoms with Crippen molar-refractivity contribution in [1.29, 1.82) is 0 Å². The van der Waals surface area contributed by atoms with E-state index < -0.39 is 0 Å². The van der Waals surface area contributed by atoms with Crippen molar-refractivity contribution in [3.05, 3.63) is 48.0 Å². The number of aromatic nitrogens is 2. The second-order valence-electron chi connectivity index (χ2n) is 5.32. The molecule has 0 spiro atoms. The van der Waals surface area contributed by atoms with Crippen molar-refractivity contribution in [3.8, 4) is 5.75 Å². The Morgan fingerprint density at radius 2 is 2.05 bits per heavy atom. The van der Waals surface area contributed by atoms with Crippen LogP contribution in [0.25, 0.3) is 0 Å². The van der Waals surface area contributed by atoms with Crippen LogP contribution >= 0.6 is 0 Å². The van der Waals surface area contributed by atoms with Crippen molar-refractivity contribution < 1.29 is 9.13 Å². The van der Waals surface area contributed by atoms with E-state index in [0.29, 0.717) is 18.4 Å². The molecule has 1 aromatic carbocycles. The van der Waals surface area contributed by atoms with Gasteiger partial charge in [0.25, 0.3) is 0 Å². The molecule has 4 heteroatoms. The molecule has 0 saturated heterocycles. The predicted octanol–water partition coefficient (Wildman–Crippen LogP) is 4.11. The monoisotopic (exact) mass is 274 g/mol. The van der Waals surface area contributed by atoms with E-state index in [0.717, 1.165) is 5.69 Å². The molecule has 20 heavy (non-hydrogen) atoms. The van der Waals surface area contributed by atoms with Crippen molar-refractivity contribution in [2.45, 2.75) is 44.8 Å². The highest BCUT2D eigenvalue weighted by atomic mass is 19.1. The van der Waals surface area contributed by atoms with Gasteiger partial charge in [-0.3, -0.25) is 4.68 Å². The molecular formula is C16H19FN2O. The second kappa shape index (κ2) is 6.07. The molecule has 1 saturated carbocycles. The first-order chi connectivity index (χ1) is 9.81. The zero-order chi connectivity index (χ0) is 13.8. The van der Waals surface area contributed by atoms with Crippen LogP contribution in [-0.2, 0) is 6.61 Å². The third kappa shape index (κ3) is 3.18. The van der Waals surface area contributed by atoms with Gasteiger partial charge in [-0.1, -0.05) is 25.3 Å². The molecule has 1 heterocycles. The molecular weight excluding hydrogens is 255 g/mol. The number of ether oxygens (including phenoxy) is 1. The Morgan fingerprint density at radius 1 is 1.20 bits per heavy atom. The Labute approximate surface area is 118 Å². The maximum Gasteiger partial charge on any atom is 0.132 e. The summed E-state index contributed by atoms with van der Waals surface area (Å²) in [5.41, 5.74) is 0.889. The van der Waals surface area contributed by atoms with E-state index in [1.54, 1.807) is 12.1 Å². The number of hydrogen-bond acceptors (Lipinski definition) is 2. The average molecular weight is 274 g/mol. The molecule has 0 radical (unpaired) electrons. The van der Waals surface area contributed by atoms with Crippen molar-refractivity contribution in [2.75, 3.05) is 0 Å². The lowest BCUT2D eigenvalue weighted by Crippen LogP contribution is -2.13. The van der Waals surface area contributed by atoms with Crippen LogP contribution in [0.1, 0.15) is 43.8 Å². The van der Waals surface area contributed by atoms with Crippen LogP contribution in [0.5, 0.6) is 5.75 Å². The summed E-state index contributed by atoms with van der Waals surface area (Å²) in [6, 6.07) is 8.70. The molecule has 3 rings (SSSR count). The lowest BCUT2D eigenvalue weighted by Gasteiger charge is -2.21. The van der Waals surface area contributed by atoms with Gasteiger partial charge in [0, 0.05) is 12.3 Å². The number of nitrogens with zero attached hydrogens (tertiary/aromatic N) is 2. The van der Waals surface area contributed by atoms with Crippen LogP contribution in [0.15, 0.2) is 36.5 Å². The Hall–Kier alpha value is -1.84. The summed E-state index contributed by atoms with van der Waals surface area (Å²) in [6.07, 6.45) is 8.38. The topological polar surface area (TPSA) is 27.1 Å². The van der Waals surface area contributed by atoms with E-state index in [9.17, 15) is 4.39 Å². The fraction of sp³-hybridized carbons (Fsp3) is 0.438. The summed E-state index contributed by atoms with van der Waals surface area (Å²) in [4.78, 5) is 0. The first kappa shape index (κ1) is 13.2. The van der Waals surface area contributed by atoms with Crippen LogP contribution in [-0.4, -0.2) is 9.78 Å². The van der Waals surface area contributed by atoms with Crippen LogP contribution < -0.4 is 4.74 Å². The molecule has 0 aliphatic heterocycles. The Balaban J connectivity index is 1.59. The Bertz CT molecular complexity index is 561. The van der Waals surface area contributed by atoms with Gasteiger partial charge in [0.05, 0.1) is 11.7 Å². The summed E-state index contributed by atoms with van der Waals surface area (Å²) in [6.45, 7) is 0.378. The van der Waals surface area contributed by atoms with Gasteiger partial charge in [-0.05, 0) is 31.0 Å². The highest BCUT2D eigenvalue weighted by molar-refractivity contribution is 5.22. The maximum absolute atomic E-state index is 13.0. The number of hydrogen-bond donors (Lipinski definition) is 0. The van der Waals surface area contributed by atoms with E-state index >= 15 is 0 Å². The summed E-state index contributed by atoms with van der Waals surface area (Å²) in [5.74, 6) is 0.257. The number of benzene rings is 1. The lowest BCUT2D eigenvalue weighted by atomic mass is 9.96. The minimum Gasteiger partial charge on any atom is -0.487 e. The van der Waals surface area contributed by atoms with Crippen molar-refractivity contribution in [1.82, 2.24) is 9.78 Å². The van der Waals surface area contributed by atoms with Crippen LogP contribution in [0, 0.1) is 5.82 Å². The van der Waals surface area contributed by atoms with Gasteiger partial charge in [0.15, 0.2) is 0 Å². The fourth-order valence-corrected chi connectivity index (χ4v) is 2.72. The molecule has 2 aromatic rings. The molecule has 106 valence electrons. The van der Waals surface area contributed by atoms with E-state index in [-0.39, 0.29) is 5.82 Å². The van der Waals surface area contributed by atoms with Crippen LogP contribution in [0.3, 0.4) is 0 Å². The summed E-state index contributed by atoms with van der Waals surface area (Å²) in [7, 11) is 0. The Morgan fingerprint density at radius 3 is 2.85 bits per heavy atom. The minimum absolute atomic E-state index is 0.282. The summed E-state index contributed by atoms with van der Waals surface area (Å²) in [5, 5.41) is 4.57. The summed E-state index contributed by atoms with van der Waals surface area (Å²) < 4.78 is 20.7. The lowest BCUT2D eigenvalue weighted by molar-refractivity contribution is 0.290. The highest BCUT2D eigenvalue weighted by Crippen LogP contribution is 2.27. The fourth-order valence-electron chi connectivity index (χ4n) is 2.72. The van der Waals surface area contributed by atoms with E-state index in [1.165, 1.54) is 44.2 Å². The SMILES string of the molecule is Fc1cccc(OCc2ccn(C3CCCCC3)n2)c1. The standard InChI is InChI=1S/C16H19FN2O/c17-13-5-4-8-16(11-13)20-12-14-9-10-19(18-14)15-6-2-1-3-7-15/h4-5,8-11,15H,1-3,6-7,12H2. The van der Waals surface area contributed by atoms with Crippen LogP contribution in [0.4, 0.5) is 4.39 Å². The van der Waals surface area contributed by atoms with E-state index in [4.69, 9.17) is 4.74 Å². The van der Waals surface area contributed by atoms with Gasteiger partial charge < -0.3 is 4.74 Å². The molecule has 1 aliphatic carbocycles. The third-order valence-electron chi connectivity index (χ3n) is 3.80. The van der Waals surface area contributed by atoms with Gasteiger partial charge in [-0.15, -0.1) is 0 Å². The van der Waals surface area contributed by atoms with Gasteiger partial charge in [0.2, 0.25) is 0 Å². The third-order valence-corrected chi connectivity index (χ3v) is 3.80. The normalized spacial score (nSPS) is 16.2. The van der Waals surface area contributed by atoms with E-state index in [2.05, 4.69) is 9.78 Å². The minimum atomic E-state index is -0.282. The Kier molecular flexibility index (Phi) is 4.00. The molecule has 0 N–H and O–H groups in total. The van der Waals surface area contributed by atoms with Crippen molar-refractivity contribution in [3.63, 3.8) is 0 Å². The largest absolute Gasteiger partial charge is 0.487 e. The molecule has 0 unspecified atom stereocenters. The van der Waals surface area contributed by atoms with E-state index in [1.807, 2.05) is 12.3 Å². The molecule has 1 aliphatic rings. The molecule has 1 aromatic heterocycles. The maximum atomic E-state index is 13.0. The van der Waals surface area contributed by atoms with Crippen molar-refractivity contribution >= 4 is 0 Å². The van der Waals surface area contributed by atoms with Gasteiger partial charge in [-0.2, -0.15) is 5.10 Å². The first-order valence-corrected chi connectivity index (χ1v) is 7.24. The van der Waals surface area contributed by atoms with Gasteiger partial charge in [-0.25, -0.2) is 4.39 Å². The van der Waals surface area contributed by atoms with Crippen molar-refractivity contribution in [2.24, 2.45) is 0 Å². The molecule has 0 atom stereocenters. The zero-order valence-electron chi connectivity index (χ0n) is 11.5. The predicted molar refractivity (Wildman–Crippen MR) is 75.1 cm³/mol. The molecule has 0 bridgehead atoms. The average Bonchev–Trinajstić information content (AvgIpc) is 2.95. The van der Waals surface area contributed by atoms with Crippen LogP contribution in [0.2, 0.25) is 0 Å². The number of rotatable bonds is 4. The molecule has 1 fully saturated rings. The first-order valence-electron chi connectivity index (χ1n) is 7.24. The highest BCUT2D eigenvalue weighted by Gasteiger charge is 2.16. The summed E-state index contributed by atoms with van der Waals surface area (Å²) >= 11 is 0. The quantitative estimate of drug-likeness (QED) is 0.839. The smallest absolute Gasteiger partial charge is 0.132 e. The molecule has 0 amide bonds. The second-order valence-corrected chi connectivity index (χ2v) is 5.32. The van der Waals surface area contributed by atoms with Gasteiger partial charge in [0.1, 0.15) is 18.2 Å². The number of halogens is 1. The van der Waals surface area contributed by atoms with Gasteiger partial charge >= 0.3 is 0 Å². The zero-order valence-corrected chi connectivity index (χ0v) is 11.5.